The molecule has 94 valence electrons. The van der Waals surface area contributed by atoms with Crippen LogP contribution in [0.5, 0.6) is 0 Å². The first-order valence-electron chi connectivity index (χ1n) is 5.76. The van der Waals surface area contributed by atoms with Gasteiger partial charge in [0.2, 0.25) is 0 Å². The number of hydrogen-bond acceptors (Lipinski definition) is 1. The van der Waals surface area contributed by atoms with E-state index in [0.29, 0.717) is 12.2 Å². The quantitative estimate of drug-likeness (QED) is 0.716. The molecule has 1 aromatic rings. The summed E-state index contributed by atoms with van der Waals surface area (Å²) in [4.78, 5) is 0. The first kappa shape index (κ1) is 12.4. The fourth-order valence-corrected chi connectivity index (χ4v) is 2.25. The molecule has 2 atom stereocenters. The molecule has 0 fully saturated rings. The van der Waals surface area contributed by atoms with Crippen molar-refractivity contribution in [1.29, 1.82) is 0 Å². The maximum Gasteiger partial charge on any atom is 0.416 e. The summed E-state index contributed by atoms with van der Waals surface area (Å²) in [6.07, 6.45) is -3.66. The molecule has 0 spiro atoms. The summed E-state index contributed by atoms with van der Waals surface area (Å²) in [7, 11) is 0. The topological polar surface area (TPSA) is 9.23 Å². The number of halogens is 3. The summed E-state index contributed by atoms with van der Waals surface area (Å²) in [6.45, 7) is 4.41. The smallest absolute Gasteiger partial charge is 0.373 e. The van der Waals surface area contributed by atoms with Crippen LogP contribution in [0.15, 0.2) is 18.2 Å². The molecule has 1 aromatic carbocycles. The number of rotatable bonds is 1. The van der Waals surface area contributed by atoms with E-state index in [2.05, 4.69) is 0 Å². The van der Waals surface area contributed by atoms with E-state index in [1.807, 2.05) is 6.92 Å². The van der Waals surface area contributed by atoms with Gasteiger partial charge >= 0.3 is 6.18 Å². The molecule has 2 unspecified atom stereocenters. The second-order valence-electron chi connectivity index (χ2n) is 4.42. The lowest BCUT2D eigenvalue weighted by atomic mass is 9.87. The first-order chi connectivity index (χ1) is 7.93. The summed E-state index contributed by atoms with van der Waals surface area (Å²) in [5.41, 5.74) is 1.08. The Bertz CT molecular complexity index is 412. The van der Waals surface area contributed by atoms with Gasteiger partial charge < -0.3 is 4.74 Å². The molecule has 0 aliphatic carbocycles. The summed E-state index contributed by atoms with van der Waals surface area (Å²) in [5, 5.41) is 0. The highest BCUT2D eigenvalue weighted by molar-refractivity contribution is 5.38. The Morgan fingerprint density at radius 1 is 1.29 bits per heavy atom. The lowest BCUT2D eigenvalue weighted by Crippen LogP contribution is -2.20. The van der Waals surface area contributed by atoms with E-state index in [9.17, 15) is 13.2 Å². The Hall–Kier alpha value is -1.03. The van der Waals surface area contributed by atoms with Crippen LogP contribution in [0.3, 0.4) is 0 Å². The van der Waals surface area contributed by atoms with Gasteiger partial charge in [0.25, 0.3) is 0 Å². The highest BCUT2D eigenvalue weighted by atomic mass is 19.4. The summed E-state index contributed by atoms with van der Waals surface area (Å²) in [5.74, 6) is 0.212. The molecule has 0 N–H and O–H groups in total. The largest absolute Gasteiger partial charge is 0.416 e. The number of hydrogen-bond donors (Lipinski definition) is 0. The second-order valence-corrected chi connectivity index (χ2v) is 4.42. The molecular weight excluding hydrogens is 229 g/mol. The van der Waals surface area contributed by atoms with Gasteiger partial charge in [-0.2, -0.15) is 13.2 Å². The highest BCUT2D eigenvalue weighted by Gasteiger charge is 2.33. The molecule has 4 heteroatoms. The molecule has 1 aliphatic rings. The lowest BCUT2D eigenvalue weighted by Gasteiger charge is -2.30. The SMILES string of the molecule is CCC1COC(C)c2cc(C(F)(F)F)ccc21. The van der Waals surface area contributed by atoms with E-state index in [4.69, 9.17) is 4.74 Å². The van der Waals surface area contributed by atoms with Crippen LogP contribution >= 0.6 is 0 Å². The van der Waals surface area contributed by atoms with Gasteiger partial charge in [-0.05, 0) is 36.6 Å². The Morgan fingerprint density at radius 3 is 2.59 bits per heavy atom. The van der Waals surface area contributed by atoms with Crippen LogP contribution in [-0.2, 0) is 10.9 Å². The van der Waals surface area contributed by atoms with Gasteiger partial charge in [-0.15, -0.1) is 0 Å². The Balaban J connectivity index is 2.46. The van der Waals surface area contributed by atoms with Crippen molar-refractivity contribution in [3.8, 4) is 0 Å². The summed E-state index contributed by atoms with van der Waals surface area (Å²) >= 11 is 0. The molecule has 0 saturated carbocycles. The molecule has 0 saturated heterocycles. The Morgan fingerprint density at radius 2 is 2.00 bits per heavy atom. The van der Waals surface area contributed by atoms with Crippen molar-refractivity contribution in [1.82, 2.24) is 0 Å². The van der Waals surface area contributed by atoms with Crippen molar-refractivity contribution in [3.63, 3.8) is 0 Å². The van der Waals surface area contributed by atoms with Gasteiger partial charge in [-0.1, -0.05) is 13.0 Å². The summed E-state index contributed by atoms with van der Waals surface area (Å²) in [6, 6.07) is 3.99. The fraction of sp³-hybridized carbons (Fsp3) is 0.538. The molecule has 2 rings (SSSR count). The number of benzene rings is 1. The van der Waals surface area contributed by atoms with Crippen molar-refractivity contribution in [2.24, 2.45) is 0 Å². The molecule has 1 aliphatic heterocycles. The number of fused-ring (bicyclic) bond motifs is 1. The standard InChI is InChI=1S/C13H15F3O/c1-3-9-7-17-8(2)12-6-10(13(14,15)16)4-5-11(9)12/h4-6,8-9H,3,7H2,1-2H3. The fourth-order valence-electron chi connectivity index (χ4n) is 2.25. The van der Waals surface area contributed by atoms with E-state index in [0.717, 1.165) is 12.0 Å². The minimum atomic E-state index is -4.28. The molecular formula is C13H15F3O. The second kappa shape index (κ2) is 4.33. The van der Waals surface area contributed by atoms with E-state index in [1.54, 1.807) is 13.0 Å². The van der Waals surface area contributed by atoms with Gasteiger partial charge in [-0.25, -0.2) is 0 Å². The van der Waals surface area contributed by atoms with E-state index in [-0.39, 0.29) is 12.0 Å². The maximum absolute atomic E-state index is 12.6. The average molecular weight is 244 g/mol. The minimum absolute atomic E-state index is 0.212. The van der Waals surface area contributed by atoms with Crippen molar-refractivity contribution >= 4 is 0 Å². The van der Waals surface area contributed by atoms with E-state index < -0.39 is 11.7 Å². The van der Waals surface area contributed by atoms with Crippen LogP contribution in [-0.4, -0.2) is 6.61 Å². The van der Waals surface area contributed by atoms with E-state index in [1.165, 1.54) is 12.1 Å². The third-order valence-corrected chi connectivity index (χ3v) is 3.33. The van der Waals surface area contributed by atoms with Crippen LogP contribution < -0.4 is 0 Å². The van der Waals surface area contributed by atoms with Crippen molar-refractivity contribution in [2.45, 2.75) is 38.5 Å². The van der Waals surface area contributed by atoms with Gasteiger partial charge in [-0.3, -0.25) is 0 Å². The third kappa shape index (κ3) is 2.32. The van der Waals surface area contributed by atoms with E-state index >= 15 is 0 Å². The Labute approximate surface area is 98.6 Å². The minimum Gasteiger partial charge on any atom is -0.373 e. The molecule has 1 nitrogen and oxygen atoms in total. The van der Waals surface area contributed by atoms with Gasteiger partial charge in [0.1, 0.15) is 0 Å². The Kier molecular flexibility index (Phi) is 3.17. The summed E-state index contributed by atoms with van der Waals surface area (Å²) < 4.78 is 43.4. The van der Waals surface area contributed by atoms with Crippen LogP contribution in [0.25, 0.3) is 0 Å². The first-order valence-corrected chi connectivity index (χ1v) is 5.76. The number of ether oxygens (including phenoxy) is 1. The number of alkyl halides is 3. The zero-order valence-corrected chi connectivity index (χ0v) is 9.84. The van der Waals surface area contributed by atoms with Gasteiger partial charge in [0.15, 0.2) is 0 Å². The highest BCUT2D eigenvalue weighted by Crippen LogP contribution is 2.39. The monoisotopic (exact) mass is 244 g/mol. The zero-order chi connectivity index (χ0) is 12.6. The van der Waals surface area contributed by atoms with Crippen molar-refractivity contribution in [3.05, 3.63) is 34.9 Å². The molecule has 0 radical (unpaired) electrons. The molecule has 0 amide bonds. The van der Waals surface area contributed by atoms with Crippen LogP contribution in [0.1, 0.15) is 49.0 Å². The van der Waals surface area contributed by atoms with Crippen molar-refractivity contribution < 1.29 is 17.9 Å². The molecule has 0 aromatic heterocycles. The predicted molar refractivity (Wildman–Crippen MR) is 58.8 cm³/mol. The lowest BCUT2D eigenvalue weighted by molar-refractivity contribution is -0.137. The van der Waals surface area contributed by atoms with Gasteiger partial charge in [0, 0.05) is 5.92 Å². The molecule has 0 bridgehead atoms. The van der Waals surface area contributed by atoms with Crippen molar-refractivity contribution in [2.75, 3.05) is 6.61 Å². The molecule has 1 heterocycles. The van der Waals surface area contributed by atoms with Gasteiger partial charge in [0.05, 0.1) is 18.3 Å². The zero-order valence-electron chi connectivity index (χ0n) is 9.84. The maximum atomic E-state index is 12.6. The van der Waals surface area contributed by atoms with Crippen LogP contribution in [0.2, 0.25) is 0 Å². The average Bonchev–Trinajstić information content (AvgIpc) is 2.28. The van der Waals surface area contributed by atoms with Crippen LogP contribution in [0, 0.1) is 0 Å². The molecule has 17 heavy (non-hydrogen) atoms. The van der Waals surface area contributed by atoms with Crippen LogP contribution in [0.4, 0.5) is 13.2 Å². The predicted octanol–water partition coefficient (Wildman–Crippen LogP) is 4.29. The normalized spacial score (nSPS) is 24.5. The third-order valence-electron chi connectivity index (χ3n) is 3.33.